The Morgan fingerprint density at radius 3 is 2.52 bits per heavy atom. The van der Waals surface area contributed by atoms with Crippen LogP contribution in [0.25, 0.3) is 0 Å². The van der Waals surface area contributed by atoms with Crippen molar-refractivity contribution in [1.82, 2.24) is 16.2 Å². The molecule has 0 radical (unpaired) electrons. The van der Waals surface area contributed by atoms with Gasteiger partial charge in [0.25, 0.3) is 5.91 Å². The highest BCUT2D eigenvalue weighted by atomic mass is 32.1. The molecule has 0 aliphatic heterocycles. The summed E-state index contributed by atoms with van der Waals surface area (Å²) in [5, 5.41) is 2.54. The van der Waals surface area contributed by atoms with Crippen LogP contribution in [0, 0.1) is 0 Å². The van der Waals surface area contributed by atoms with E-state index in [9.17, 15) is 9.59 Å². The Bertz CT molecular complexity index is 480. The standard InChI is InChI=1S/C14H19N3O3S/c1-2-20-10-13(19)16-17-14(21)15-12(18)9-8-11-6-4-3-5-7-11/h3-7H,2,8-10H2,1H3,(H,16,19)(H2,15,17,18,21). The minimum atomic E-state index is -0.363. The van der Waals surface area contributed by atoms with Gasteiger partial charge in [-0.25, -0.2) is 0 Å². The summed E-state index contributed by atoms with van der Waals surface area (Å²) in [5.41, 5.74) is 5.85. The third-order valence-electron chi connectivity index (χ3n) is 2.49. The maximum Gasteiger partial charge on any atom is 0.264 e. The Hall–Kier alpha value is -1.99. The zero-order valence-corrected chi connectivity index (χ0v) is 12.7. The number of rotatable bonds is 6. The molecule has 0 spiro atoms. The Morgan fingerprint density at radius 2 is 1.86 bits per heavy atom. The molecule has 0 atom stereocenters. The van der Waals surface area contributed by atoms with Gasteiger partial charge in [0.2, 0.25) is 5.91 Å². The van der Waals surface area contributed by atoms with Crippen LogP contribution in [-0.4, -0.2) is 30.1 Å². The van der Waals surface area contributed by atoms with E-state index in [1.807, 2.05) is 30.3 Å². The molecule has 0 heterocycles. The molecule has 6 nitrogen and oxygen atoms in total. The van der Waals surface area contributed by atoms with Gasteiger partial charge in [0.15, 0.2) is 5.11 Å². The van der Waals surface area contributed by atoms with Gasteiger partial charge in [0.05, 0.1) is 0 Å². The van der Waals surface area contributed by atoms with E-state index in [1.165, 1.54) is 0 Å². The maximum absolute atomic E-state index is 11.7. The van der Waals surface area contributed by atoms with E-state index in [0.29, 0.717) is 19.4 Å². The number of hydrazine groups is 1. The first-order valence-electron chi connectivity index (χ1n) is 6.62. The summed E-state index contributed by atoms with van der Waals surface area (Å²) >= 11 is 4.89. The molecule has 7 heteroatoms. The molecule has 2 amide bonds. The first-order valence-corrected chi connectivity index (χ1v) is 7.03. The first kappa shape index (κ1) is 17.1. The summed E-state index contributed by atoms with van der Waals surface area (Å²) in [5.74, 6) is -0.576. The van der Waals surface area contributed by atoms with Gasteiger partial charge in [0, 0.05) is 13.0 Å². The van der Waals surface area contributed by atoms with Gasteiger partial charge in [-0.1, -0.05) is 30.3 Å². The molecular weight excluding hydrogens is 290 g/mol. The molecule has 114 valence electrons. The minimum absolute atomic E-state index is 0.0536. The third kappa shape index (κ3) is 8.01. The predicted molar refractivity (Wildman–Crippen MR) is 83.3 cm³/mol. The first-order chi connectivity index (χ1) is 10.1. The highest BCUT2D eigenvalue weighted by Crippen LogP contribution is 2.01. The van der Waals surface area contributed by atoms with Crippen LogP contribution >= 0.6 is 12.2 Å². The van der Waals surface area contributed by atoms with Crippen molar-refractivity contribution in [3.8, 4) is 0 Å². The second kappa shape index (κ2) is 9.84. The Kier molecular flexibility index (Phi) is 8.00. The van der Waals surface area contributed by atoms with Gasteiger partial charge in [-0.3, -0.25) is 20.4 Å². The van der Waals surface area contributed by atoms with Crippen LogP contribution in [0.1, 0.15) is 18.9 Å². The van der Waals surface area contributed by atoms with Crippen molar-refractivity contribution in [3.05, 3.63) is 35.9 Å². The number of nitrogens with one attached hydrogen (secondary N) is 3. The average molecular weight is 309 g/mol. The Morgan fingerprint density at radius 1 is 1.14 bits per heavy atom. The van der Waals surface area contributed by atoms with Crippen LogP contribution in [0.5, 0.6) is 0 Å². The van der Waals surface area contributed by atoms with Gasteiger partial charge in [0.1, 0.15) is 6.61 Å². The topological polar surface area (TPSA) is 79.5 Å². The van der Waals surface area contributed by atoms with E-state index in [2.05, 4.69) is 16.2 Å². The number of hydrogen-bond donors (Lipinski definition) is 3. The monoisotopic (exact) mass is 309 g/mol. The van der Waals surface area contributed by atoms with Crippen molar-refractivity contribution in [2.75, 3.05) is 13.2 Å². The number of thiocarbonyl (C=S) groups is 1. The smallest absolute Gasteiger partial charge is 0.264 e. The fourth-order valence-electron chi connectivity index (χ4n) is 1.48. The summed E-state index contributed by atoms with van der Waals surface area (Å²) in [7, 11) is 0. The minimum Gasteiger partial charge on any atom is -0.372 e. The average Bonchev–Trinajstić information content (AvgIpc) is 2.50. The fourth-order valence-corrected chi connectivity index (χ4v) is 1.65. The Balaban J connectivity index is 2.19. The number of benzene rings is 1. The molecule has 0 saturated carbocycles. The number of carbonyl (C=O) groups excluding carboxylic acids is 2. The summed E-state index contributed by atoms with van der Waals surface area (Å²) < 4.78 is 4.91. The molecule has 0 saturated heterocycles. The summed E-state index contributed by atoms with van der Waals surface area (Å²) in [6.07, 6.45) is 0.949. The molecule has 3 N–H and O–H groups in total. The Labute approximate surface area is 129 Å². The molecule has 1 rings (SSSR count). The largest absolute Gasteiger partial charge is 0.372 e. The summed E-state index contributed by atoms with van der Waals surface area (Å²) in [4.78, 5) is 22.9. The van der Waals surface area contributed by atoms with Crippen LogP contribution in [0.2, 0.25) is 0 Å². The zero-order chi connectivity index (χ0) is 15.5. The molecule has 0 fully saturated rings. The van der Waals surface area contributed by atoms with E-state index in [4.69, 9.17) is 17.0 Å². The number of amides is 2. The van der Waals surface area contributed by atoms with Crippen LogP contribution in [-0.2, 0) is 20.7 Å². The fraction of sp³-hybridized carbons (Fsp3) is 0.357. The van der Waals surface area contributed by atoms with Crippen molar-refractivity contribution >= 4 is 29.1 Å². The van der Waals surface area contributed by atoms with Crippen molar-refractivity contribution in [2.24, 2.45) is 0 Å². The molecule has 0 aromatic heterocycles. The number of carbonyl (C=O) groups is 2. The van der Waals surface area contributed by atoms with Crippen molar-refractivity contribution < 1.29 is 14.3 Å². The van der Waals surface area contributed by atoms with Crippen LogP contribution in [0.4, 0.5) is 0 Å². The maximum atomic E-state index is 11.7. The van der Waals surface area contributed by atoms with Crippen molar-refractivity contribution in [3.63, 3.8) is 0 Å². The lowest BCUT2D eigenvalue weighted by molar-refractivity contribution is -0.126. The van der Waals surface area contributed by atoms with E-state index in [1.54, 1.807) is 6.92 Å². The number of ether oxygens (including phenoxy) is 1. The van der Waals surface area contributed by atoms with Crippen LogP contribution in [0.15, 0.2) is 30.3 Å². The summed E-state index contributed by atoms with van der Waals surface area (Å²) in [6.45, 7) is 2.18. The van der Waals surface area contributed by atoms with Gasteiger partial charge in [-0.05, 0) is 31.1 Å². The highest BCUT2D eigenvalue weighted by molar-refractivity contribution is 7.80. The zero-order valence-electron chi connectivity index (χ0n) is 11.8. The molecule has 1 aromatic carbocycles. The lowest BCUT2D eigenvalue weighted by atomic mass is 10.1. The quantitative estimate of drug-likeness (QED) is 0.532. The summed E-state index contributed by atoms with van der Waals surface area (Å²) in [6, 6.07) is 9.68. The van der Waals surface area contributed by atoms with Gasteiger partial charge in [-0.2, -0.15) is 0 Å². The van der Waals surface area contributed by atoms with Crippen molar-refractivity contribution in [1.29, 1.82) is 0 Å². The van der Waals surface area contributed by atoms with Crippen LogP contribution in [0.3, 0.4) is 0 Å². The van der Waals surface area contributed by atoms with E-state index in [-0.39, 0.29) is 23.5 Å². The second-order valence-electron chi connectivity index (χ2n) is 4.17. The SMILES string of the molecule is CCOCC(=O)NNC(=S)NC(=O)CCc1ccccc1. The molecule has 1 aromatic rings. The van der Waals surface area contributed by atoms with Gasteiger partial charge < -0.3 is 10.1 Å². The lowest BCUT2D eigenvalue weighted by Gasteiger charge is -2.10. The molecular formula is C14H19N3O3S. The van der Waals surface area contributed by atoms with E-state index >= 15 is 0 Å². The van der Waals surface area contributed by atoms with Gasteiger partial charge in [-0.15, -0.1) is 0 Å². The van der Waals surface area contributed by atoms with E-state index < -0.39 is 0 Å². The third-order valence-corrected chi connectivity index (χ3v) is 2.69. The number of aryl methyl sites for hydroxylation is 1. The van der Waals surface area contributed by atoms with Crippen molar-refractivity contribution in [2.45, 2.75) is 19.8 Å². The molecule has 21 heavy (non-hydrogen) atoms. The lowest BCUT2D eigenvalue weighted by Crippen LogP contribution is -2.49. The predicted octanol–water partition coefficient (Wildman–Crippen LogP) is 0.678. The van der Waals surface area contributed by atoms with Crippen LogP contribution < -0.4 is 16.2 Å². The van der Waals surface area contributed by atoms with Gasteiger partial charge >= 0.3 is 0 Å². The molecule has 0 aliphatic carbocycles. The van der Waals surface area contributed by atoms with E-state index in [0.717, 1.165) is 5.56 Å². The highest BCUT2D eigenvalue weighted by Gasteiger charge is 2.06. The normalized spacial score (nSPS) is 9.76. The molecule has 0 unspecified atom stereocenters. The molecule has 0 bridgehead atoms. The molecule has 0 aliphatic rings. The second-order valence-corrected chi connectivity index (χ2v) is 4.58. The number of hydrogen-bond acceptors (Lipinski definition) is 4.